The van der Waals surface area contributed by atoms with Gasteiger partial charge in [0.25, 0.3) is 5.91 Å². The maximum Gasteiger partial charge on any atom is 0.271 e. The van der Waals surface area contributed by atoms with Crippen LogP contribution in [-0.4, -0.2) is 29.5 Å². The van der Waals surface area contributed by atoms with Crippen molar-refractivity contribution >= 4 is 11.7 Å². The average molecular weight is 208 g/mol. The Labute approximate surface area is 89.3 Å². The van der Waals surface area contributed by atoms with Crippen LogP contribution in [0, 0.1) is 5.92 Å². The van der Waals surface area contributed by atoms with Crippen molar-refractivity contribution in [3.63, 3.8) is 0 Å². The molecule has 0 spiro atoms. The fourth-order valence-corrected chi connectivity index (χ4v) is 1.42. The predicted molar refractivity (Wildman–Crippen MR) is 58.7 cm³/mol. The number of nitrogens with two attached hydrogens (primary N) is 1. The molecule has 5 heteroatoms. The van der Waals surface area contributed by atoms with E-state index in [0.29, 0.717) is 11.7 Å². The van der Waals surface area contributed by atoms with E-state index in [1.165, 1.54) is 6.20 Å². The molecule has 5 nitrogen and oxygen atoms in total. The molecule has 1 rings (SSSR count). The van der Waals surface area contributed by atoms with Crippen molar-refractivity contribution in [2.24, 2.45) is 11.7 Å². The second-order valence-electron chi connectivity index (χ2n) is 3.87. The molecule has 82 valence electrons. The van der Waals surface area contributed by atoms with Crippen molar-refractivity contribution in [1.29, 1.82) is 0 Å². The van der Waals surface area contributed by atoms with E-state index in [-0.39, 0.29) is 5.69 Å². The van der Waals surface area contributed by atoms with Crippen molar-refractivity contribution in [1.82, 2.24) is 9.97 Å². The van der Waals surface area contributed by atoms with Crippen LogP contribution >= 0.6 is 0 Å². The minimum absolute atomic E-state index is 0.223. The average Bonchev–Trinajstić information content (AvgIpc) is 2.16. The smallest absolute Gasteiger partial charge is 0.271 e. The SMILES string of the molecule is CC(C)CN(C)c1nccnc1C(N)=O. The number of nitrogens with zero attached hydrogens (tertiary/aromatic N) is 3. The maximum absolute atomic E-state index is 11.1. The quantitative estimate of drug-likeness (QED) is 0.789. The topological polar surface area (TPSA) is 72.1 Å². The molecule has 0 atom stereocenters. The molecule has 15 heavy (non-hydrogen) atoms. The Kier molecular flexibility index (Phi) is 3.60. The van der Waals surface area contributed by atoms with Gasteiger partial charge in [-0.1, -0.05) is 13.8 Å². The van der Waals surface area contributed by atoms with Gasteiger partial charge in [0, 0.05) is 26.0 Å². The van der Waals surface area contributed by atoms with E-state index in [2.05, 4.69) is 23.8 Å². The van der Waals surface area contributed by atoms with Crippen LogP contribution in [0.15, 0.2) is 12.4 Å². The summed E-state index contributed by atoms with van der Waals surface area (Å²) in [5.41, 5.74) is 5.44. The molecule has 0 aliphatic rings. The minimum Gasteiger partial charge on any atom is -0.364 e. The van der Waals surface area contributed by atoms with Crippen LogP contribution in [-0.2, 0) is 0 Å². The highest BCUT2D eigenvalue weighted by molar-refractivity contribution is 5.95. The van der Waals surface area contributed by atoms with Crippen LogP contribution < -0.4 is 10.6 Å². The van der Waals surface area contributed by atoms with E-state index < -0.39 is 5.91 Å². The van der Waals surface area contributed by atoms with E-state index in [4.69, 9.17) is 5.73 Å². The lowest BCUT2D eigenvalue weighted by atomic mass is 10.2. The van der Waals surface area contributed by atoms with Crippen molar-refractivity contribution in [3.8, 4) is 0 Å². The zero-order chi connectivity index (χ0) is 11.4. The molecule has 0 aromatic carbocycles. The van der Waals surface area contributed by atoms with Crippen LogP contribution in [0.2, 0.25) is 0 Å². The lowest BCUT2D eigenvalue weighted by molar-refractivity contribution is 0.0995. The van der Waals surface area contributed by atoms with Crippen molar-refractivity contribution in [2.45, 2.75) is 13.8 Å². The van der Waals surface area contributed by atoms with E-state index in [1.54, 1.807) is 6.20 Å². The maximum atomic E-state index is 11.1. The molecule has 0 saturated heterocycles. The summed E-state index contributed by atoms with van der Waals surface area (Å²) in [6.07, 6.45) is 3.02. The van der Waals surface area contributed by atoms with Gasteiger partial charge in [-0.25, -0.2) is 9.97 Å². The van der Waals surface area contributed by atoms with Crippen LogP contribution in [0.3, 0.4) is 0 Å². The van der Waals surface area contributed by atoms with E-state index in [9.17, 15) is 4.79 Å². The zero-order valence-corrected chi connectivity index (χ0v) is 9.27. The largest absolute Gasteiger partial charge is 0.364 e. The molecule has 1 amide bonds. The Morgan fingerprint density at radius 2 is 2.07 bits per heavy atom. The number of carbonyl (C=O) groups excluding carboxylic acids is 1. The van der Waals surface area contributed by atoms with E-state index in [1.807, 2.05) is 11.9 Å². The molecule has 0 radical (unpaired) electrons. The van der Waals surface area contributed by atoms with E-state index >= 15 is 0 Å². The summed E-state index contributed by atoms with van der Waals surface area (Å²) in [6, 6.07) is 0. The molecule has 1 heterocycles. The number of anilines is 1. The minimum atomic E-state index is -0.547. The molecule has 0 bridgehead atoms. The lowest BCUT2D eigenvalue weighted by Crippen LogP contribution is -2.27. The van der Waals surface area contributed by atoms with Crippen molar-refractivity contribution in [3.05, 3.63) is 18.1 Å². The van der Waals surface area contributed by atoms with Crippen molar-refractivity contribution in [2.75, 3.05) is 18.5 Å². The second kappa shape index (κ2) is 4.72. The van der Waals surface area contributed by atoms with Crippen LogP contribution in [0.5, 0.6) is 0 Å². The fraction of sp³-hybridized carbons (Fsp3) is 0.500. The van der Waals surface area contributed by atoms with Gasteiger partial charge in [0.15, 0.2) is 11.5 Å². The number of aromatic nitrogens is 2. The summed E-state index contributed by atoms with van der Waals surface area (Å²) in [5.74, 6) is 0.477. The predicted octanol–water partition coefficient (Wildman–Crippen LogP) is 0.668. The number of hydrogen-bond donors (Lipinski definition) is 1. The molecule has 0 aliphatic carbocycles. The molecule has 0 fully saturated rings. The Bertz CT molecular complexity index is 351. The molecule has 2 N–H and O–H groups in total. The zero-order valence-electron chi connectivity index (χ0n) is 9.27. The highest BCUT2D eigenvalue weighted by atomic mass is 16.1. The van der Waals surface area contributed by atoms with Gasteiger partial charge < -0.3 is 10.6 Å². The summed E-state index contributed by atoms with van der Waals surface area (Å²) in [6.45, 7) is 4.99. The first-order valence-electron chi connectivity index (χ1n) is 4.84. The summed E-state index contributed by atoms with van der Waals surface area (Å²) in [4.78, 5) is 21.0. The normalized spacial score (nSPS) is 10.4. The van der Waals surface area contributed by atoms with Gasteiger partial charge in [-0.3, -0.25) is 4.79 Å². The monoisotopic (exact) mass is 208 g/mol. The number of primary amides is 1. The first kappa shape index (κ1) is 11.4. The Morgan fingerprint density at radius 1 is 1.47 bits per heavy atom. The van der Waals surface area contributed by atoms with Gasteiger partial charge in [0.05, 0.1) is 0 Å². The molecular formula is C10H16N4O. The Morgan fingerprint density at radius 3 is 2.60 bits per heavy atom. The second-order valence-corrected chi connectivity index (χ2v) is 3.87. The molecule has 0 aliphatic heterocycles. The fourth-order valence-electron chi connectivity index (χ4n) is 1.42. The summed E-state index contributed by atoms with van der Waals surface area (Å²) in [7, 11) is 1.87. The number of hydrogen-bond acceptors (Lipinski definition) is 4. The Balaban J connectivity index is 2.97. The van der Waals surface area contributed by atoms with E-state index in [0.717, 1.165) is 6.54 Å². The van der Waals surface area contributed by atoms with Gasteiger partial charge >= 0.3 is 0 Å². The summed E-state index contributed by atoms with van der Waals surface area (Å²) < 4.78 is 0. The third-order valence-electron chi connectivity index (χ3n) is 1.91. The van der Waals surface area contributed by atoms with Gasteiger partial charge in [-0.05, 0) is 5.92 Å². The molecule has 1 aromatic heterocycles. The highest BCUT2D eigenvalue weighted by Crippen LogP contribution is 2.13. The first-order valence-corrected chi connectivity index (χ1v) is 4.84. The highest BCUT2D eigenvalue weighted by Gasteiger charge is 2.14. The summed E-state index contributed by atoms with van der Waals surface area (Å²) in [5, 5.41) is 0. The standard InChI is InChI=1S/C10H16N4O/c1-7(2)6-14(3)10-8(9(11)15)12-4-5-13-10/h4-5,7H,6H2,1-3H3,(H2,11,15). The third-order valence-corrected chi connectivity index (χ3v) is 1.91. The van der Waals surface area contributed by atoms with Gasteiger partial charge in [-0.2, -0.15) is 0 Å². The van der Waals surface area contributed by atoms with Crippen LogP contribution in [0.25, 0.3) is 0 Å². The van der Waals surface area contributed by atoms with Gasteiger partial charge in [-0.15, -0.1) is 0 Å². The molecular weight excluding hydrogens is 192 g/mol. The Hall–Kier alpha value is -1.65. The summed E-state index contributed by atoms with van der Waals surface area (Å²) >= 11 is 0. The molecule has 0 unspecified atom stereocenters. The number of rotatable bonds is 4. The molecule has 0 saturated carbocycles. The van der Waals surface area contributed by atoms with Crippen LogP contribution in [0.4, 0.5) is 5.82 Å². The first-order chi connectivity index (χ1) is 7.02. The lowest BCUT2D eigenvalue weighted by Gasteiger charge is -2.21. The van der Waals surface area contributed by atoms with Crippen LogP contribution in [0.1, 0.15) is 24.3 Å². The third kappa shape index (κ3) is 2.90. The number of carbonyl (C=O) groups is 1. The van der Waals surface area contributed by atoms with Gasteiger partial charge in [0.1, 0.15) is 0 Å². The van der Waals surface area contributed by atoms with Gasteiger partial charge in [0.2, 0.25) is 0 Å². The number of amides is 1. The molecule has 1 aromatic rings. The van der Waals surface area contributed by atoms with Crippen molar-refractivity contribution < 1.29 is 4.79 Å².